The zero-order chi connectivity index (χ0) is 43.7. The molecular formula is C54H96O6. The van der Waals surface area contributed by atoms with Gasteiger partial charge in [-0.3, -0.25) is 14.4 Å². The van der Waals surface area contributed by atoms with Gasteiger partial charge in [-0.05, 0) is 83.5 Å². The van der Waals surface area contributed by atoms with Crippen LogP contribution in [0.1, 0.15) is 258 Å². The molecule has 0 aromatic heterocycles. The Hall–Kier alpha value is -2.63. The number of allylic oxidation sites excluding steroid dienone is 8. The molecule has 0 rings (SSSR count). The van der Waals surface area contributed by atoms with E-state index in [1.807, 2.05) is 0 Å². The maximum Gasteiger partial charge on any atom is 0.306 e. The fourth-order valence-electron chi connectivity index (χ4n) is 7.15. The summed E-state index contributed by atoms with van der Waals surface area (Å²) in [5, 5.41) is 0. The smallest absolute Gasteiger partial charge is 0.306 e. The third-order valence-electron chi connectivity index (χ3n) is 11.1. The molecule has 0 amide bonds. The molecule has 0 saturated carbocycles. The van der Waals surface area contributed by atoms with Gasteiger partial charge in [0.05, 0.1) is 0 Å². The molecular weight excluding hydrogens is 745 g/mol. The molecule has 0 bridgehead atoms. The molecule has 6 heteroatoms. The monoisotopic (exact) mass is 841 g/mol. The van der Waals surface area contributed by atoms with Crippen LogP contribution in [0.4, 0.5) is 0 Å². The second kappa shape index (κ2) is 49.0. The Morgan fingerprint density at radius 1 is 0.333 bits per heavy atom. The molecule has 60 heavy (non-hydrogen) atoms. The summed E-state index contributed by atoms with van der Waals surface area (Å²) in [5.41, 5.74) is 0. The summed E-state index contributed by atoms with van der Waals surface area (Å²) in [5.74, 6) is -0.901. The number of carbonyl (C=O) groups excluding carboxylic acids is 3. The molecule has 0 N–H and O–H groups in total. The van der Waals surface area contributed by atoms with Crippen LogP contribution in [0.15, 0.2) is 48.6 Å². The van der Waals surface area contributed by atoms with Crippen LogP contribution in [0.5, 0.6) is 0 Å². The van der Waals surface area contributed by atoms with Crippen molar-refractivity contribution in [2.75, 3.05) is 13.2 Å². The highest BCUT2D eigenvalue weighted by Crippen LogP contribution is 2.14. The van der Waals surface area contributed by atoms with E-state index in [0.717, 1.165) is 89.9 Å². The van der Waals surface area contributed by atoms with Crippen LogP contribution in [-0.4, -0.2) is 37.2 Å². The zero-order valence-corrected chi connectivity index (χ0v) is 39.7. The van der Waals surface area contributed by atoms with E-state index in [2.05, 4.69) is 69.4 Å². The molecule has 1 unspecified atom stereocenters. The third kappa shape index (κ3) is 46.4. The van der Waals surface area contributed by atoms with Crippen LogP contribution in [0, 0.1) is 0 Å². The SMILES string of the molecule is CCCCCC/C=C\CCCCCCCC(=O)OC(COC(=O)CCCCCCCC)COC(=O)CCCCCCCCCC/C=C\C/C=C\C/C=C\CCCCCCC. The molecule has 0 spiro atoms. The van der Waals surface area contributed by atoms with Crippen molar-refractivity contribution in [3.8, 4) is 0 Å². The van der Waals surface area contributed by atoms with E-state index in [0.29, 0.717) is 19.3 Å². The lowest BCUT2D eigenvalue weighted by atomic mass is 10.1. The van der Waals surface area contributed by atoms with Crippen molar-refractivity contribution in [2.24, 2.45) is 0 Å². The second-order valence-electron chi connectivity index (χ2n) is 17.1. The largest absolute Gasteiger partial charge is 0.462 e. The Balaban J connectivity index is 4.17. The number of unbranched alkanes of at least 4 members (excludes halogenated alkanes) is 27. The van der Waals surface area contributed by atoms with Gasteiger partial charge in [0.15, 0.2) is 6.10 Å². The molecule has 0 heterocycles. The Kier molecular flexibility index (Phi) is 46.9. The molecule has 0 saturated heterocycles. The number of esters is 3. The predicted octanol–water partition coefficient (Wildman–Crippen LogP) is 16.7. The zero-order valence-electron chi connectivity index (χ0n) is 39.7. The second-order valence-corrected chi connectivity index (χ2v) is 17.1. The minimum atomic E-state index is -0.775. The van der Waals surface area contributed by atoms with Gasteiger partial charge in [0.25, 0.3) is 0 Å². The molecule has 0 aliphatic rings. The quantitative estimate of drug-likeness (QED) is 0.0263. The van der Waals surface area contributed by atoms with Crippen LogP contribution < -0.4 is 0 Å². The summed E-state index contributed by atoms with van der Waals surface area (Å²) in [6.45, 7) is 6.54. The van der Waals surface area contributed by atoms with E-state index < -0.39 is 6.10 Å². The fourth-order valence-corrected chi connectivity index (χ4v) is 7.15. The number of ether oxygens (including phenoxy) is 3. The van der Waals surface area contributed by atoms with Crippen molar-refractivity contribution in [3.05, 3.63) is 48.6 Å². The Labute approximate surface area is 371 Å². The summed E-state index contributed by atoms with van der Waals surface area (Å²) < 4.78 is 16.7. The lowest BCUT2D eigenvalue weighted by molar-refractivity contribution is -0.167. The van der Waals surface area contributed by atoms with Gasteiger partial charge in [0, 0.05) is 19.3 Å². The molecule has 0 aliphatic carbocycles. The van der Waals surface area contributed by atoms with Gasteiger partial charge >= 0.3 is 17.9 Å². The van der Waals surface area contributed by atoms with Gasteiger partial charge < -0.3 is 14.2 Å². The fraction of sp³-hybridized carbons (Fsp3) is 0.796. The first-order chi connectivity index (χ1) is 29.5. The molecule has 1 atom stereocenters. The first kappa shape index (κ1) is 57.4. The highest BCUT2D eigenvalue weighted by Gasteiger charge is 2.19. The first-order valence-corrected chi connectivity index (χ1v) is 25.6. The summed E-state index contributed by atoms with van der Waals surface area (Å²) in [7, 11) is 0. The normalized spacial score (nSPS) is 12.4. The average molecular weight is 841 g/mol. The van der Waals surface area contributed by atoms with Crippen LogP contribution in [-0.2, 0) is 28.6 Å². The van der Waals surface area contributed by atoms with Gasteiger partial charge in [0.1, 0.15) is 13.2 Å². The van der Waals surface area contributed by atoms with Crippen molar-refractivity contribution in [1.29, 1.82) is 0 Å². The van der Waals surface area contributed by atoms with Gasteiger partial charge in [0.2, 0.25) is 0 Å². The van der Waals surface area contributed by atoms with Crippen LogP contribution in [0.2, 0.25) is 0 Å². The number of carbonyl (C=O) groups is 3. The van der Waals surface area contributed by atoms with Gasteiger partial charge in [-0.15, -0.1) is 0 Å². The molecule has 348 valence electrons. The lowest BCUT2D eigenvalue weighted by Gasteiger charge is -2.18. The molecule has 0 aliphatic heterocycles. The Morgan fingerprint density at radius 3 is 0.967 bits per heavy atom. The van der Waals surface area contributed by atoms with Crippen molar-refractivity contribution in [3.63, 3.8) is 0 Å². The Morgan fingerprint density at radius 2 is 0.600 bits per heavy atom. The molecule has 0 fully saturated rings. The van der Waals surface area contributed by atoms with E-state index in [1.54, 1.807) is 0 Å². The van der Waals surface area contributed by atoms with Crippen LogP contribution in [0.25, 0.3) is 0 Å². The summed E-state index contributed by atoms with van der Waals surface area (Å²) in [4.78, 5) is 37.7. The first-order valence-electron chi connectivity index (χ1n) is 25.6. The molecule has 0 radical (unpaired) electrons. The van der Waals surface area contributed by atoms with Crippen LogP contribution in [0.3, 0.4) is 0 Å². The number of hydrogen-bond donors (Lipinski definition) is 0. The number of hydrogen-bond acceptors (Lipinski definition) is 6. The van der Waals surface area contributed by atoms with Gasteiger partial charge in [-0.25, -0.2) is 0 Å². The van der Waals surface area contributed by atoms with E-state index in [4.69, 9.17) is 14.2 Å². The number of rotatable bonds is 46. The average Bonchev–Trinajstić information content (AvgIpc) is 3.24. The van der Waals surface area contributed by atoms with E-state index in [9.17, 15) is 14.4 Å². The van der Waals surface area contributed by atoms with E-state index in [1.165, 1.54) is 128 Å². The summed E-state index contributed by atoms with van der Waals surface area (Å²) in [6, 6.07) is 0. The third-order valence-corrected chi connectivity index (χ3v) is 11.1. The lowest BCUT2D eigenvalue weighted by Crippen LogP contribution is -2.30. The molecule has 0 aromatic rings. The molecule has 0 aromatic carbocycles. The predicted molar refractivity (Wildman–Crippen MR) is 256 cm³/mol. The highest BCUT2D eigenvalue weighted by molar-refractivity contribution is 5.71. The summed E-state index contributed by atoms with van der Waals surface area (Å²) >= 11 is 0. The molecule has 6 nitrogen and oxygen atoms in total. The topological polar surface area (TPSA) is 78.9 Å². The minimum absolute atomic E-state index is 0.0785. The standard InChI is InChI=1S/C54H96O6/c1-4-7-10-13-16-18-20-22-23-24-25-26-27-28-29-30-31-33-34-36-38-41-44-47-53(56)59-50-51(49-58-52(55)46-43-40-15-12-9-6-3)60-54(57)48-45-42-39-37-35-32-21-19-17-14-11-8-5-2/h19-22,24-25,27-28,51H,4-18,23,26,29-50H2,1-3H3/b21-19-,22-20-,25-24-,28-27-. The van der Waals surface area contributed by atoms with E-state index >= 15 is 0 Å². The van der Waals surface area contributed by atoms with Crippen molar-refractivity contribution in [1.82, 2.24) is 0 Å². The highest BCUT2D eigenvalue weighted by atomic mass is 16.6. The van der Waals surface area contributed by atoms with Gasteiger partial charge in [-0.1, -0.05) is 204 Å². The van der Waals surface area contributed by atoms with Crippen molar-refractivity contribution < 1.29 is 28.6 Å². The Bertz CT molecular complexity index is 1060. The van der Waals surface area contributed by atoms with Crippen molar-refractivity contribution in [2.45, 2.75) is 264 Å². The minimum Gasteiger partial charge on any atom is -0.462 e. The van der Waals surface area contributed by atoms with Crippen molar-refractivity contribution >= 4 is 17.9 Å². The maximum absolute atomic E-state index is 12.7. The van der Waals surface area contributed by atoms with Gasteiger partial charge in [-0.2, -0.15) is 0 Å². The summed E-state index contributed by atoms with van der Waals surface area (Å²) in [6.07, 6.45) is 58.3. The van der Waals surface area contributed by atoms with E-state index in [-0.39, 0.29) is 31.1 Å². The maximum atomic E-state index is 12.7. The van der Waals surface area contributed by atoms with Crippen LogP contribution >= 0.6 is 0 Å².